The molecule has 0 bridgehead atoms. The first-order valence-electron chi connectivity index (χ1n) is 7.37. The molecular weight excluding hydrogens is 302 g/mol. The number of amides is 2. The molecule has 22 heavy (non-hydrogen) atoms. The zero-order valence-corrected chi connectivity index (χ0v) is 13.9. The van der Waals surface area contributed by atoms with Crippen molar-refractivity contribution < 1.29 is 9.59 Å². The lowest BCUT2D eigenvalue weighted by Crippen LogP contribution is -2.47. The molecule has 0 saturated carbocycles. The van der Waals surface area contributed by atoms with Crippen molar-refractivity contribution in [3.05, 3.63) is 35.4 Å². The van der Waals surface area contributed by atoms with Crippen molar-refractivity contribution in [1.29, 1.82) is 0 Å². The van der Waals surface area contributed by atoms with Crippen molar-refractivity contribution >= 4 is 24.2 Å². The highest BCUT2D eigenvalue weighted by Crippen LogP contribution is 2.19. The van der Waals surface area contributed by atoms with Gasteiger partial charge in [-0.25, -0.2) is 0 Å². The van der Waals surface area contributed by atoms with Gasteiger partial charge in [0.2, 0.25) is 0 Å². The number of benzene rings is 1. The van der Waals surface area contributed by atoms with E-state index < -0.39 is 0 Å². The molecule has 122 valence electrons. The summed E-state index contributed by atoms with van der Waals surface area (Å²) in [7, 11) is 3.42. The molecular formula is C16H24ClN3O2. The van der Waals surface area contributed by atoms with Crippen molar-refractivity contribution in [3.8, 4) is 0 Å². The minimum Gasteiger partial charge on any atom is -0.345 e. The van der Waals surface area contributed by atoms with Gasteiger partial charge in [0.05, 0.1) is 0 Å². The fourth-order valence-corrected chi connectivity index (χ4v) is 2.69. The summed E-state index contributed by atoms with van der Waals surface area (Å²) in [6, 6.07) is 6.99. The van der Waals surface area contributed by atoms with E-state index in [0.29, 0.717) is 17.7 Å². The number of piperidine rings is 1. The Kier molecular flexibility index (Phi) is 6.84. The highest BCUT2D eigenvalue weighted by atomic mass is 35.5. The third-order valence-corrected chi connectivity index (χ3v) is 3.95. The van der Waals surface area contributed by atoms with Crippen molar-refractivity contribution in [1.82, 2.24) is 9.80 Å². The molecule has 0 aliphatic carbocycles. The topological polar surface area (TPSA) is 66.6 Å². The van der Waals surface area contributed by atoms with Crippen LogP contribution >= 0.6 is 12.4 Å². The molecule has 1 aromatic rings. The van der Waals surface area contributed by atoms with Crippen LogP contribution < -0.4 is 5.73 Å². The fourth-order valence-electron chi connectivity index (χ4n) is 2.69. The molecule has 1 saturated heterocycles. The SMILES string of the molecule is CN(C)C(=O)c1ccc(C(=O)N2CCCCC2CN)cc1.Cl. The second-order valence-electron chi connectivity index (χ2n) is 5.66. The molecule has 1 fully saturated rings. The van der Waals surface area contributed by atoms with E-state index in [1.807, 2.05) is 4.90 Å². The van der Waals surface area contributed by atoms with Crippen molar-refractivity contribution in [2.45, 2.75) is 25.3 Å². The summed E-state index contributed by atoms with van der Waals surface area (Å²) in [6.45, 7) is 1.27. The number of carbonyl (C=O) groups excluding carboxylic acids is 2. The molecule has 1 heterocycles. The van der Waals surface area contributed by atoms with Crippen LogP contribution in [0.5, 0.6) is 0 Å². The molecule has 2 N–H and O–H groups in total. The maximum Gasteiger partial charge on any atom is 0.254 e. The van der Waals surface area contributed by atoms with Crippen LogP contribution in [0.4, 0.5) is 0 Å². The monoisotopic (exact) mass is 325 g/mol. The number of hydrogen-bond acceptors (Lipinski definition) is 3. The molecule has 2 amide bonds. The summed E-state index contributed by atoms with van der Waals surface area (Å²) < 4.78 is 0. The van der Waals surface area contributed by atoms with Gasteiger partial charge in [-0.05, 0) is 43.5 Å². The number of hydrogen-bond donors (Lipinski definition) is 1. The minimum absolute atomic E-state index is 0. The Bertz CT molecular complexity index is 517. The summed E-state index contributed by atoms with van der Waals surface area (Å²) >= 11 is 0. The minimum atomic E-state index is -0.0631. The van der Waals surface area contributed by atoms with Crippen LogP contribution in [-0.4, -0.2) is 54.8 Å². The Morgan fingerprint density at radius 1 is 1.18 bits per heavy atom. The van der Waals surface area contributed by atoms with Gasteiger partial charge >= 0.3 is 0 Å². The lowest BCUT2D eigenvalue weighted by atomic mass is 10.0. The first-order valence-corrected chi connectivity index (χ1v) is 7.37. The van der Waals surface area contributed by atoms with Crippen LogP contribution in [0.25, 0.3) is 0 Å². The van der Waals surface area contributed by atoms with E-state index in [1.165, 1.54) is 4.90 Å². The number of likely N-dealkylation sites (tertiary alicyclic amines) is 1. The van der Waals surface area contributed by atoms with Crippen LogP contribution in [-0.2, 0) is 0 Å². The second kappa shape index (κ2) is 8.15. The first-order chi connectivity index (χ1) is 10.0. The highest BCUT2D eigenvalue weighted by molar-refractivity contribution is 5.97. The van der Waals surface area contributed by atoms with E-state index in [9.17, 15) is 9.59 Å². The Morgan fingerprint density at radius 3 is 2.32 bits per heavy atom. The summed E-state index contributed by atoms with van der Waals surface area (Å²) in [5.74, 6) is -0.0548. The average molecular weight is 326 g/mol. The molecule has 0 aromatic heterocycles. The van der Waals surface area contributed by atoms with Gasteiger partial charge in [0, 0.05) is 44.4 Å². The van der Waals surface area contributed by atoms with Gasteiger partial charge in [-0.2, -0.15) is 0 Å². The lowest BCUT2D eigenvalue weighted by molar-refractivity contribution is 0.0622. The van der Waals surface area contributed by atoms with Crippen molar-refractivity contribution in [2.24, 2.45) is 5.73 Å². The van der Waals surface area contributed by atoms with Crippen LogP contribution in [0.1, 0.15) is 40.0 Å². The number of halogens is 1. The molecule has 1 unspecified atom stereocenters. The smallest absolute Gasteiger partial charge is 0.254 e. The Morgan fingerprint density at radius 2 is 1.77 bits per heavy atom. The summed E-state index contributed by atoms with van der Waals surface area (Å²) in [5, 5.41) is 0. The van der Waals surface area contributed by atoms with Crippen molar-refractivity contribution in [3.63, 3.8) is 0 Å². The Hall–Kier alpha value is -1.59. The molecule has 5 nitrogen and oxygen atoms in total. The zero-order chi connectivity index (χ0) is 15.4. The molecule has 1 aromatic carbocycles. The van der Waals surface area contributed by atoms with E-state index >= 15 is 0 Å². The maximum atomic E-state index is 12.6. The molecule has 6 heteroatoms. The van der Waals surface area contributed by atoms with Gasteiger partial charge in [0.15, 0.2) is 0 Å². The lowest BCUT2D eigenvalue weighted by Gasteiger charge is -2.35. The quantitative estimate of drug-likeness (QED) is 0.921. The summed E-state index contributed by atoms with van der Waals surface area (Å²) in [5.41, 5.74) is 6.97. The zero-order valence-electron chi connectivity index (χ0n) is 13.1. The Balaban J connectivity index is 0.00000242. The van der Waals surface area contributed by atoms with Crippen molar-refractivity contribution in [2.75, 3.05) is 27.2 Å². The molecule has 1 atom stereocenters. The van der Waals surface area contributed by atoms with E-state index in [-0.39, 0.29) is 30.3 Å². The van der Waals surface area contributed by atoms with E-state index in [4.69, 9.17) is 5.73 Å². The summed E-state index contributed by atoms with van der Waals surface area (Å²) in [4.78, 5) is 27.8. The Labute approximate surface area is 137 Å². The largest absolute Gasteiger partial charge is 0.345 e. The predicted octanol–water partition coefficient (Wildman–Crippen LogP) is 1.76. The molecule has 2 rings (SSSR count). The van der Waals surface area contributed by atoms with Gasteiger partial charge in [-0.1, -0.05) is 0 Å². The number of rotatable bonds is 3. The third-order valence-electron chi connectivity index (χ3n) is 3.95. The van der Waals surface area contributed by atoms with Gasteiger partial charge in [-0.15, -0.1) is 12.4 Å². The van der Waals surface area contributed by atoms with E-state index in [0.717, 1.165) is 25.8 Å². The van der Waals surface area contributed by atoms with Gasteiger partial charge < -0.3 is 15.5 Å². The van der Waals surface area contributed by atoms with Crippen LogP contribution in [0.3, 0.4) is 0 Å². The first kappa shape index (κ1) is 18.5. The molecule has 0 spiro atoms. The van der Waals surface area contributed by atoms with E-state index in [2.05, 4.69) is 0 Å². The number of nitrogens with zero attached hydrogens (tertiary/aromatic N) is 2. The molecule has 0 radical (unpaired) electrons. The third kappa shape index (κ3) is 3.99. The normalized spacial score (nSPS) is 17.6. The molecule has 1 aliphatic heterocycles. The van der Waals surface area contributed by atoms with Gasteiger partial charge in [0.1, 0.15) is 0 Å². The van der Waals surface area contributed by atoms with Gasteiger partial charge in [-0.3, -0.25) is 9.59 Å². The highest BCUT2D eigenvalue weighted by Gasteiger charge is 2.26. The van der Waals surface area contributed by atoms with Crippen LogP contribution in [0.15, 0.2) is 24.3 Å². The van der Waals surface area contributed by atoms with Crippen LogP contribution in [0.2, 0.25) is 0 Å². The maximum absolute atomic E-state index is 12.6. The average Bonchev–Trinajstić information content (AvgIpc) is 2.53. The van der Waals surface area contributed by atoms with Gasteiger partial charge in [0.25, 0.3) is 11.8 Å². The summed E-state index contributed by atoms with van der Waals surface area (Å²) in [6.07, 6.45) is 3.13. The van der Waals surface area contributed by atoms with Crippen LogP contribution in [0, 0.1) is 0 Å². The standard InChI is InChI=1S/C16H23N3O2.ClH/c1-18(2)15(20)12-6-8-13(9-7-12)16(21)19-10-4-3-5-14(19)11-17;/h6-9,14H,3-5,10-11,17H2,1-2H3;1H. The molecule has 1 aliphatic rings. The fraction of sp³-hybridized carbons (Fsp3) is 0.500. The van der Waals surface area contributed by atoms with E-state index in [1.54, 1.807) is 38.4 Å². The number of carbonyl (C=O) groups is 2. The second-order valence-corrected chi connectivity index (χ2v) is 5.66. The predicted molar refractivity (Wildman–Crippen MR) is 89.4 cm³/mol. The number of nitrogens with two attached hydrogens (primary N) is 1.